The summed E-state index contributed by atoms with van der Waals surface area (Å²) in [5.74, 6) is 0.886. The van der Waals surface area contributed by atoms with E-state index >= 15 is 0 Å². The molecule has 0 aliphatic rings. The Morgan fingerprint density at radius 3 is 3.08 bits per heavy atom. The van der Waals surface area contributed by atoms with Crippen molar-refractivity contribution in [1.29, 1.82) is 0 Å². The van der Waals surface area contributed by atoms with Crippen LogP contribution in [-0.4, -0.2) is 15.0 Å². The molecule has 0 atom stereocenters. The quantitative estimate of drug-likeness (QED) is 0.755. The lowest BCUT2D eigenvalue weighted by Crippen LogP contribution is -1.81. The molecule has 0 saturated heterocycles. The number of aromatic amines is 1. The highest BCUT2D eigenvalue weighted by atomic mass is 32.2. The van der Waals surface area contributed by atoms with Crippen molar-refractivity contribution in [3.05, 3.63) is 42.6 Å². The fraction of sp³-hybridized carbons (Fsp3) is 0.111. The highest BCUT2D eigenvalue weighted by Gasteiger charge is 1.96. The first kappa shape index (κ1) is 8.31. The molecule has 0 spiro atoms. The van der Waals surface area contributed by atoms with Gasteiger partial charge in [-0.2, -0.15) is 0 Å². The van der Waals surface area contributed by atoms with Crippen LogP contribution in [0.3, 0.4) is 0 Å². The third-order valence-electron chi connectivity index (χ3n) is 1.57. The molecule has 4 heteroatoms. The molecule has 66 valence electrons. The second-order valence-electron chi connectivity index (χ2n) is 2.53. The highest BCUT2D eigenvalue weighted by molar-refractivity contribution is 7.98. The van der Waals surface area contributed by atoms with Crippen LogP contribution in [0.1, 0.15) is 5.69 Å². The molecule has 1 N–H and O–H groups in total. The van der Waals surface area contributed by atoms with Crippen LogP contribution in [0.5, 0.6) is 0 Å². The van der Waals surface area contributed by atoms with Crippen molar-refractivity contribution in [3.8, 4) is 0 Å². The van der Waals surface area contributed by atoms with Gasteiger partial charge in [-0.1, -0.05) is 6.07 Å². The van der Waals surface area contributed by atoms with E-state index < -0.39 is 0 Å². The molecule has 2 aromatic heterocycles. The lowest BCUT2D eigenvalue weighted by atomic mass is 10.5. The number of pyridine rings is 1. The molecule has 0 fully saturated rings. The SMILES string of the molecule is c1ccc(SCc2cnc[nH]2)nc1. The third-order valence-corrected chi connectivity index (χ3v) is 2.56. The molecule has 2 aromatic rings. The molecule has 0 radical (unpaired) electrons. The molecule has 13 heavy (non-hydrogen) atoms. The number of hydrogen-bond acceptors (Lipinski definition) is 3. The van der Waals surface area contributed by atoms with Crippen LogP contribution in [0.25, 0.3) is 0 Å². The summed E-state index contributed by atoms with van der Waals surface area (Å²) in [6, 6.07) is 5.91. The van der Waals surface area contributed by atoms with E-state index in [-0.39, 0.29) is 0 Å². The van der Waals surface area contributed by atoms with Crippen molar-refractivity contribution in [2.75, 3.05) is 0 Å². The molecular weight excluding hydrogens is 182 g/mol. The minimum absolute atomic E-state index is 0.886. The predicted octanol–water partition coefficient (Wildman–Crippen LogP) is 2.10. The average Bonchev–Trinajstić information content (AvgIpc) is 2.69. The van der Waals surface area contributed by atoms with Gasteiger partial charge in [-0.3, -0.25) is 0 Å². The molecule has 2 heterocycles. The second-order valence-corrected chi connectivity index (χ2v) is 3.53. The Morgan fingerprint density at radius 1 is 1.38 bits per heavy atom. The van der Waals surface area contributed by atoms with Gasteiger partial charge >= 0.3 is 0 Å². The molecule has 0 saturated carbocycles. The van der Waals surface area contributed by atoms with E-state index in [9.17, 15) is 0 Å². The molecule has 0 unspecified atom stereocenters. The summed E-state index contributed by atoms with van der Waals surface area (Å²) < 4.78 is 0. The van der Waals surface area contributed by atoms with Crippen LogP contribution in [-0.2, 0) is 5.75 Å². The first-order valence-corrected chi connectivity index (χ1v) is 4.95. The van der Waals surface area contributed by atoms with Crippen molar-refractivity contribution in [1.82, 2.24) is 15.0 Å². The zero-order chi connectivity index (χ0) is 8.93. The number of nitrogens with zero attached hydrogens (tertiary/aromatic N) is 2. The molecular formula is C9H9N3S. The Hall–Kier alpha value is -1.29. The maximum absolute atomic E-state index is 4.21. The van der Waals surface area contributed by atoms with E-state index in [1.54, 1.807) is 24.3 Å². The van der Waals surface area contributed by atoms with Crippen molar-refractivity contribution >= 4 is 11.8 Å². The molecule has 3 nitrogen and oxygen atoms in total. The van der Waals surface area contributed by atoms with Gasteiger partial charge in [0.25, 0.3) is 0 Å². The molecule has 0 aliphatic carbocycles. The largest absolute Gasteiger partial charge is 0.348 e. The molecule has 0 aliphatic heterocycles. The van der Waals surface area contributed by atoms with Crippen LogP contribution in [0, 0.1) is 0 Å². The monoisotopic (exact) mass is 191 g/mol. The van der Waals surface area contributed by atoms with Gasteiger partial charge in [0.15, 0.2) is 0 Å². The zero-order valence-electron chi connectivity index (χ0n) is 6.97. The van der Waals surface area contributed by atoms with Crippen molar-refractivity contribution in [2.24, 2.45) is 0 Å². The molecule has 2 rings (SSSR count). The van der Waals surface area contributed by atoms with Crippen LogP contribution >= 0.6 is 11.8 Å². The normalized spacial score (nSPS) is 10.2. The number of thioether (sulfide) groups is 1. The van der Waals surface area contributed by atoms with E-state index in [2.05, 4.69) is 15.0 Å². The van der Waals surface area contributed by atoms with Gasteiger partial charge in [0.05, 0.1) is 11.4 Å². The number of hydrogen-bond donors (Lipinski definition) is 1. The summed E-state index contributed by atoms with van der Waals surface area (Å²) in [5.41, 5.74) is 1.12. The van der Waals surface area contributed by atoms with Crippen molar-refractivity contribution in [3.63, 3.8) is 0 Å². The van der Waals surface area contributed by atoms with Gasteiger partial charge < -0.3 is 4.98 Å². The molecule has 0 amide bonds. The topological polar surface area (TPSA) is 41.6 Å². The predicted molar refractivity (Wildman–Crippen MR) is 52.4 cm³/mol. The van der Waals surface area contributed by atoms with Gasteiger partial charge in [0, 0.05) is 23.8 Å². The number of imidazole rings is 1. The van der Waals surface area contributed by atoms with Gasteiger partial charge in [-0.15, -0.1) is 11.8 Å². The van der Waals surface area contributed by atoms with Gasteiger partial charge in [0.2, 0.25) is 0 Å². The summed E-state index contributed by atoms with van der Waals surface area (Å²) in [7, 11) is 0. The number of aromatic nitrogens is 3. The minimum atomic E-state index is 0.886. The number of rotatable bonds is 3. The Kier molecular flexibility index (Phi) is 2.62. The smallest absolute Gasteiger partial charge is 0.0963 e. The van der Waals surface area contributed by atoms with Crippen molar-refractivity contribution in [2.45, 2.75) is 10.8 Å². The van der Waals surface area contributed by atoms with E-state index in [0.29, 0.717) is 0 Å². The van der Waals surface area contributed by atoms with E-state index in [4.69, 9.17) is 0 Å². The first-order valence-electron chi connectivity index (χ1n) is 3.96. The summed E-state index contributed by atoms with van der Waals surface area (Å²) in [4.78, 5) is 11.2. The Morgan fingerprint density at radius 2 is 2.38 bits per heavy atom. The minimum Gasteiger partial charge on any atom is -0.348 e. The third kappa shape index (κ3) is 2.32. The summed E-state index contributed by atoms with van der Waals surface area (Å²) in [5, 5.41) is 1.04. The van der Waals surface area contributed by atoms with E-state index in [0.717, 1.165) is 16.5 Å². The Balaban J connectivity index is 1.94. The average molecular weight is 191 g/mol. The lowest BCUT2D eigenvalue weighted by molar-refractivity contribution is 1.12. The molecule has 0 bridgehead atoms. The fourth-order valence-electron chi connectivity index (χ4n) is 0.948. The maximum Gasteiger partial charge on any atom is 0.0963 e. The highest BCUT2D eigenvalue weighted by Crippen LogP contribution is 2.18. The van der Waals surface area contributed by atoms with Crippen LogP contribution < -0.4 is 0 Å². The van der Waals surface area contributed by atoms with Crippen molar-refractivity contribution < 1.29 is 0 Å². The standard InChI is InChI=1S/C9H9N3S/c1-2-4-11-9(3-1)13-6-8-5-10-7-12-8/h1-5,7H,6H2,(H,10,12). The first-order chi connectivity index (χ1) is 6.45. The number of nitrogens with one attached hydrogen (secondary N) is 1. The van der Waals surface area contributed by atoms with Gasteiger partial charge in [-0.05, 0) is 12.1 Å². The fourth-order valence-corrected chi connectivity index (χ4v) is 1.72. The number of H-pyrrole nitrogens is 1. The van der Waals surface area contributed by atoms with Crippen LogP contribution in [0.15, 0.2) is 41.9 Å². The van der Waals surface area contributed by atoms with E-state index in [1.807, 2.05) is 24.4 Å². The van der Waals surface area contributed by atoms with Gasteiger partial charge in [0.1, 0.15) is 0 Å². The second kappa shape index (κ2) is 4.09. The zero-order valence-corrected chi connectivity index (χ0v) is 7.79. The van der Waals surface area contributed by atoms with E-state index in [1.165, 1.54) is 0 Å². The summed E-state index contributed by atoms with van der Waals surface area (Å²) in [6.45, 7) is 0. The lowest BCUT2D eigenvalue weighted by Gasteiger charge is -1.96. The Bertz CT molecular complexity index is 344. The van der Waals surface area contributed by atoms with Crippen LogP contribution in [0.4, 0.5) is 0 Å². The van der Waals surface area contributed by atoms with Gasteiger partial charge in [-0.25, -0.2) is 9.97 Å². The maximum atomic E-state index is 4.21. The summed E-state index contributed by atoms with van der Waals surface area (Å²) in [6.07, 6.45) is 5.32. The Labute approximate surface area is 80.6 Å². The summed E-state index contributed by atoms with van der Waals surface area (Å²) >= 11 is 1.70. The molecule has 0 aromatic carbocycles. The van der Waals surface area contributed by atoms with Crippen LogP contribution in [0.2, 0.25) is 0 Å².